The lowest BCUT2D eigenvalue weighted by molar-refractivity contribution is -0.115. The first kappa shape index (κ1) is 20.8. The summed E-state index contributed by atoms with van der Waals surface area (Å²) in [4.78, 5) is 24.7. The van der Waals surface area contributed by atoms with Crippen LogP contribution >= 0.6 is 35.2 Å². The highest BCUT2D eigenvalue weighted by atomic mass is 35.5. The van der Waals surface area contributed by atoms with Gasteiger partial charge >= 0.3 is 0 Å². The number of hydrazine groups is 1. The molecule has 0 saturated carbocycles. The molecule has 9 heteroatoms. The number of thiocarbonyl (C=S) groups is 1. The third-order valence-corrected chi connectivity index (χ3v) is 5.70. The number of carbonyl (C=O) groups excluding carboxylic acids is 2. The molecule has 0 atom stereocenters. The van der Waals surface area contributed by atoms with Crippen LogP contribution in [0.4, 0.5) is 0 Å². The van der Waals surface area contributed by atoms with Crippen molar-refractivity contribution in [3.05, 3.63) is 70.1 Å². The molecular weight excluding hydrogens is 430 g/mol. The van der Waals surface area contributed by atoms with Crippen LogP contribution in [0.15, 0.2) is 54.6 Å². The molecule has 3 N–H and O–H groups in total. The summed E-state index contributed by atoms with van der Waals surface area (Å²) in [7, 11) is 1.55. The number of amides is 2. The molecule has 2 aromatic carbocycles. The van der Waals surface area contributed by atoms with Crippen molar-refractivity contribution in [1.82, 2.24) is 16.2 Å². The maximum absolute atomic E-state index is 12.4. The fourth-order valence-electron chi connectivity index (χ4n) is 2.48. The molecule has 6 nitrogen and oxygen atoms in total. The van der Waals surface area contributed by atoms with E-state index in [2.05, 4.69) is 16.2 Å². The lowest BCUT2D eigenvalue weighted by Crippen LogP contribution is -2.48. The largest absolute Gasteiger partial charge is 0.496 e. The molecule has 0 unspecified atom stereocenters. The van der Waals surface area contributed by atoms with Gasteiger partial charge in [-0.3, -0.25) is 25.8 Å². The lowest BCUT2D eigenvalue weighted by atomic mass is 10.2. The number of fused-ring (bicyclic) bond motifs is 1. The monoisotopic (exact) mass is 445 g/mol. The summed E-state index contributed by atoms with van der Waals surface area (Å²) in [6, 6.07) is 14.7. The Morgan fingerprint density at radius 1 is 1.10 bits per heavy atom. The Bertz CT molecular complexity index is 1110. The first-order chi connectivity index (χ1) is 14.0. The van der Waals surface area contributed by atoms with Gasteiger partial charge in [-0.05, 0) is 30.4 Å². The summed E-state index contributed by atoms with van der Waals surface area (Å²) in [5, 5.41) is 3.58. The van der Waals surface area contributed by atoms with Crippen molar-refractivity contribution < 1.29 is 14.3 Å². The molecule has 1 aromatic heterocycles. The standard InChI is InChI=1S/C20H16ClN3O3S2/c1-27-14-8-4-2-6-12(14)10-11-16(25)22-20(28)24-23-19(26)18-17(21)13-7-3-5-9-15(13)29-18/h2-11H,1H3,(H,23,26)(H2,22,24,25,28). The number of benzene rings is 2. The second-order valence-corrected chi connectivity index (χ2v) is 7.55. The van der Waals surface area contributed by atoms with Crippen molar-refractivity contribution >= 4 is 68.2 Å². The fourth-order valence-corrected chi connectivity index (χ4v) is 4.05. The smallest absolute Gasteiger partial charge is 0.281 e. The van der Waals surface area contributed by atoms with Crippen LogP contribution in [-0.4, -0.2) is 24.0 Å². The molecule has 0 radical (unpaired) electrons. The molecule has 3 aromatic rings. The topological polar surface area (TPSA) is 79.5 Å². The van der Waals surface area contributed by atoms with Gasteiger partial charge in [0.1, 0.15) is 10.6 Å². The van der Waals surface area contributed by atoms with E-state index < -0.39 is 11.8 Å². The molecule has 0 aliphatic rings. The van der Waals surface area contributed by atoms with Crippen LogP contribution < -0.4 is 20.9 Å². The molecule has 0 aliphatic carbocycles. The first-order valence-corrected chi connectivity index (χ1v) is 9.99. The predicted octanol–water partition coefficient (Wildman–Crippen LogP) is 3.91. The first-order valence-electron chi connectivity index (χ1n) is 8.39. The second-order valence-electron chi connectivity index (χ2n) is 5.71. The van der Waals surface area contributed by atoms with Crippen molar-refractivity contribution in [1.29, 1.82) is 0 Å². The highest BCUT2D eigenvalue weighted by Gasteiger charge is 2.17. The van der Waals surface area contributed by atoms with Crippen LogP contribution in [0.1, 0.15) is 15.2 Å². The SMILES string of the molecule is COc1ccccc1C=CC(=O)NC(=S)NNC(=O)c1sc2ccccc2c1Cl. The van der Waals surface area contributed by atoms with E-state index in [0.29, 0.717) is 15.6 Å². The minimum atomic E-state index is -0.456. The predicted molar refractivity (Wildman–Crippen MR) is 120 cm³/mol. The van der Waals surface area contributed by atoms with Gasteiger partial charge in [-0.1, -0.05) is 48.0 Å². The van der Waals surface area contributed by atoms with Crippen molar-refractivity contribution in [2.24, 2.45) is 0 Å². The molecule has 0 bridgehead atoms. The Hall–Kier alpha value is -2.94. The zero-order valence-corrected chi connectivity index (χ0v) is 17.6. The number of hydrogen-bond donors (Lipinski definition) is 3. The van der Waals surface area contributed by atoms with Crippen LogP contribution in [0.25, 0.3) is 16.2 Å². The number of halogens is 1. The normalized spacial score (nSPS) is 10.7. The van der Waals surface area contributed by atoms with E-state index in [1.54, 1.807) is 19.3 Å². The zero-order chi connectivity index (χ0) is 20.8. The Balaban J connectivity index is 1.55. The summed E-state index contributed by atoms with van der Waals surface area (Å²) >= 11 is 12.6. The van der Waals surface area contributed by atoms with Crippen LogP contribution in [0.3, 0.4) is 0 Å². The van der Waals surface area contributed by atoms with Crippen molar-refractivity contribution in [2.75, 3.05) is 7.11 Å². The van der Waals surface area contributed by atoms with Gasteiger partial charge in [-0.2, -0.15) is 0 Å². The molecule has 0 spiro atoms. The van der Waals surface area contributed by atoms with Crippen LogP contribution in [0.2, 0.25) is 5.02 Å². The number of ether oxygens (including phenoxy) is 1. The van der Waals surface area contributed by atoms with Gasteiger partial charge in [0.2, 0.25) is 5.91 Å². The van der Waals surface area contributed by atoms with Crippen molar-refractivity contribution in [3.8, 4) is 5.75 Å². The zero-order valence-electron chi connectivity index (χ0n) is 15.2. The Morgan fingerprint density at radius 3 is 2.59 bits per heavy atom. The van der Waals surface area contributed by atoms with Crippen molar-refractivity contribution in [2.45, 2.75) is 0 Å². The summed E-state index contributed by atoms with van der Waals surface area (Å²) in [6.07, 6.45) is 2.92. The molecule has 29 heavy (non-hydrogen) atoms. The van der Waals surface area contributed by atoms with E-state index in [9.17, 15) is 9.59 Å². The third-order valence-electron chi connectivity index (χ3n) is 3.82. The summed E-state index contributed by atoms with van der Waals surface area (Å²) in [5.41, 5.74) is 5.68. The molecule has 2 amide bonds. The summed E-state index contributed by atoms with van der Waals surface area (Å²) in [6.45, 7) is 0. The summed E-state index contributed by atoms with van der Waals surface area (Å²) < 4.78 is 6.12. The highest BCUT2D eigenvalue weighted by molar-refractivity contribution is 7.80. The Kier molecular flexibility index (Phi) is 6.82. The van der Waals surface area contributed by atoms with E-state index in [-0.39, 0.29) is 5.11 Å². The van der Waals surface area contributed by atoms with Crippen molar-refractivity contribution in [3.63, 3.8) is 0 Å². The number of methoxy groups -OCH3 is 1. The number of thiophene rings is 1. The average Bonchev–Trinajstić information content (AvgIpc) is 3.07. The number of nitrogens with one attached hydrogen (secondary N) is 3. The van der Waals surface area contributed by atoms with Gasteiger partial charge in [-0.25, -0.2) is 0 Å². The third kappa shape index (κ3) is 5.11. The van der Waals surface area contributed by atoms with Crippen LogP contribution in [0.5, 0.6) is 5.75 Å². The molecule has 1 heterocycles. The van der Waals surface area contributed by atoms with E-state index >= 15 is 0 Å². The van der Waals surface area contributed by atoms with E-state index in [0.717, 1.165) is 15.6 Å². The summed E-state index contributed by atoms with van der Waals surface area (Å²) in [5.74, 6) is -0.260. The van der Waals surface area contributed by atoms with Gasteiger partial charge in [0.25, 0.3) is 5.91 Å². The quantitative estimate of drug-likeness (QED) is 0.322. The Morgan fingerprint density at radius 2 is 1.83 bits per heavy atom. The fraction of sp³-hybridized carbons (Fsp3) is 0.0500. The minimum Gasteiger partial charge on any atom is -0.496 e. The maximum Gasteiger partial charge on any atom is 0.281 e. The minimum absolute atomic E-state index is 0.0507. The molecule has 3 rings (SSSR count). The number of rotatable bonds is 4. The maximum atomic E-state index is 12.4. The molecule has 0 aliphatic heterocycles. The number of hydrogen-bond acceptors (Lipinski definition) is 5. The number of carbonyl (C=O) groups is 2. The average molecular weight is 446 g/mol. The van der Waals surface area contributed by atoms with Gasteiger partial charge in [0, 0.05) is 21.7 Å². The van der Waals surface area contributed by atoms with Crippen LogP contribution in [0, 0.1) is 0 Å². The second kappa shape index (κ2) is 9.51. The molecular formula is C20H16ClN3O3S2. The van der Waals surface area contributed by atoms with Gasteiger partial charge in [0.05, 0.1) is 12.1 Å². The van der Waals surface area contributed by atoms with Gasteiger partial charge in [-0.15, -0.1) is 11.3 Å². The Labute approximate surface area is 181 Å². The van der Waals surface area contributed by atoms with Gasteiger partial charge < -0.3 is 4.74 Å². The van der Waals surface area contributed by atoms with Crippen LogP contribution in [-0.2, 0) is 4.79 Å². The van der Waals surface area contributed by atoms with E-state index in [1.165, 1.54) is 17.4 Å². The lowest BCUT2D eigenvalue weighted by Gasteiger charge is -2.09. The molecule has 0 saturated heterocycles. The van der Waals surface area contributed by atoms with E-state index in [4.69, 9.17) is 28.6 Å². The molecule has 0 fully saturated rings. The number of para-hydroxylation sites is 1. The van der Waals surface area contributed by atoms with E-state index in [1.807, 2.05) is 42.5 Å². The highest BCUT2D eigenvalue weighted by Crippen LogP contribution is 2.34. The van der Waals surface area contributed by atoms with Gasteiger partial charge in [0.15, 0.2) is 5.11 Å². The molecule has 148 valence electrons.